The second-order valence-corrected chi connectivity index (χ2v) is 5.33. The number of fused-ring (bicyclic) bond motifs is 1. The summed E-state index contributed by atoms with van der Waals surface area (Å²) >= 11 is 1.84. The van der Waals surface area contributed by atoms with Gasteiger partial charge < -0.3 is 11.1 Å². The summed E-state index contributed by atoms with van der Waals surface area (Å²) in [5.74, 6) is 0. The normalized spacial score (nSPS) is 12.6. The number of pyridine rings is 1. The first-order valence-electron chi connectivity index (χ1n) is 5.61. The zero-order valence-electron chi connectivity index (χ0n) is 10.1. The van der Waals surface area contributed by atoms with E-state index >= 15 is 0 Å². The van der Waals surface area contributed by atoms with Crippen LogP contribution in [0.2, 0.25) is 0 Å². The van der Waals surface area contributed by atoms with Crippen LogP contribution in [0.15, 0.2) is 30.6 Å². The number of nitrogens with one attached hydrogen (secondary N) is 1. The standard InChI is InChI=1S/C13H17N3S/c1-9(17-2)7-16-12-4-3-10-8-15-6-5-11(10)13(12)14/h3-6,8-9,16H,7,14H2,1-2H3. The molecule has 0 aliphatic rings. The molecular weight excluding hydrogens is 230 g/mol. The first-order valence-corrected chi connectivity index (χ1v) is 6.90. The Morgan fingerprint density at radius 1 is 1.41 bits per heavy atom. The third-order valence-corrected chi connectivity index (χ3v) is 3.82. The third-order valence-electron chi connectivity index (χ3n) is 2.84. The SMILES string of the molecule is CSC(C)CNc1ccc2cnccc2c1N. The van der Waals surface area contributed by atoms with Gasteiger partial charge in [0.05, 0.1) is 11.4 Å². The molecular formula is C13H17N3S. The molecule has 1 aromatic carbocycles. The Hall–Kier alpha value is -1.42. The number of hydrogen-bond donors (Lipinski definition) is 2. The maximum Gasteiger partial charge on any atom is 0.0630 e. The molecule has 0 bridgehead atoms. The first kappa shape index (κ1) is 12.0. The van der Waals surface area contributed by atoms with Crippen LogP contribution < -0.4 is 11.1 Å². The zero-order chi connectivity index (χ0) is 12.3. The minimum absolute atomic E-state index is 0.572. The molecule has 0 spiro atoms. The number of rotatable bonds is 4. The third kappa shape index (κ3) is 2.64. The summed E-state index contributed by atoms with van der Waals surface area (Å²) < 4.78 is 0. The fourth-order valence-corrected chi connectivity index (χ4v) is 1.93. The minimum Gasteiger partial charge on any atom is -0.397 e. The number of benzene rings is 1. The highest BCUT2D eigenvalue weighted by atomic mass is 32.2. The number of nitrogens with two attached hydrogens (primary N) is 1. The van der Waals surface area contributed by atoms with Crippen LogP contribution in [-0.4, -0.2) is 23.0 Å². The molecule has 0 saturated heterocycles. The van der Waals surface area contributed by atoms with Crippen LogP contribution in [0.3, 0.4) is 0 Å². The fraction of sp³-hybridized carbons (Fsp3) is 0.308. The van der Waals surface area contributed by atoms with Gasteiger partial charge in [-0.25, -0.2) is 0 Å². The number of nitrogens with zero attached hydrogens (tertiary/aromatic N) is 1. The molecule has 1 heterocycles. The van der Waals surface area contributed by atoms with Crippen molar-refractivity contribution in [3.05, 3.63) is 30.6 Å². The van der Waals surface area contributed by atoms with Gasteiger partial charge in [0.1, 0.15) is 0 Å². The van der Waals surface area contributed by atoms with E-state index in [1.54, 1.807) is 6.20 Å². The Bertz CT molecular complexity index is 513. The number of nitrogen functional groups attached to an aromatic ring is 1. The molecule has 0 aliphatic carbocycles. The van der Waals surface area contributed by atoms with Gasteiger partial charge in [0, 0.05) is 35.0 Å². The molecule has 2 aromatic rings. The van der Waals surface area contributed by atoms with E-state index in [-0.39, 0.29) is 0 Å². The summed E-state index contributed by atoms with van der Waals surface area (Å²) in [6, 6.07) is 6.02. The number of aromatic nitrogens is 1. The van der Waals surface area contributed by atoms with Crippen molar-refractivity contribution in [3.63, 3.8) is 0 Å². The number of hydrogen-bond acceptors (Lipinski definition) is 4. The van der Waals surface area contributed by atoms with E-state index in [9.17, 15) is 0 Å². The molecule has 0 radical (unpaired) electrons. The van der Waals surface area contributed by atoms with Crippen molar-refractivity contribution in [2.75, 3.05) is 23.9 Å². The predicted octanol–water partition coefficient (Wildman–Crippen LogP) is 2.98. The van der Waals surface area contributed by atoms with E-state index in [1.807, 2.05) is 36.2 Å². The average Bonchev–Trinajstić information content (AvgIpc) is 2.38. The lowest BCUT2D eigenvalue weighted by molar-refractivity contribution is 1.00. The molecule has 0 saturated carbocycles. The van der Waals surface area contributed by atoms with Crippen molar-refractivity contribution in [3.8, 4) is 0 Å². The minimum atomic E-state index is 0.572. The Morgan fingerprint density at radius 2 is 2.24 bits per heavy atom. The largest absolute Gasteiger partial charge is 0.397 e. The molecule has 1 unspecified atom stereocenters. The molecule has 0 aliphatic heterocycles. The van der Waals surface area contributed by atoms with Crippen molar-refractivity contribution < 1.29 is 0 Å². The molecule has 0 fully saturated rings. The summed E-state index contributed by atoms with van der Waals surface area (Å²) in [6.45, 7) is 3.11. The predicted molar refractivity (Wildman–Crippen MR) is 77.6 cm³/mol. The van der Waals surface area contributed by atoms with Crippen molar-refractivity contribution in [2.45, 2.75) is 12.2 Å². The molecule has 3 nitrogen and oxygen atoms in total. The van der Waals surface area contributed by atoms with Crippen molar-refractivity contribution in [2.24, 2.45) is 0 Å². The zero-order valence-corrected chi connectivity index (χ0v) is 10.9. The van der Waals surface area contributed by atoms with Gasteiger partial charge in [-0.1, -0.05) is 13.0 Å². The van der Waals surface area contributed by atoms with E-state index < -0.39 is 0 Å². The Balaban J connectivity index is 2.26. The van der Waals surface area contributed by atoms with E-state index in [4.69, 9.17) is 5.73 Å². The van der Waals surface area contributed by atoms with Gasteiger partial charge in [-0.3, -0.25) is 4.98 Å². The lowest BCUT2D eigenvalue weighted by Crippen LogP contribution is -2.13. The molecule has 4 heteroatoms. The molecule has 2 rings (SSSR count). The van der Waals surface area contributed by atoms with Crippen LogP contribution in [0.4, 0.5) is 11.4 Å². The number of anilines is 2. The van der Waals surface area contributed by atoms with Gasteiger partial charge in [-0.05, 0) is 18.4 Å². The number of thioether (sulfide) groups is 1. The lowest BCUT2D eigenvalue weighted by atomic mass is 10.1. The smallest absolute Gasteiger partial charge is 0.0630 e. The fourth-order valence-electron chi connectivity index (χ4n) is 1.68. The van der Waals surface area contributed by atoms with Crippen molar-refractivity contribution >= 4 is 33.9 Å². The summed E-state index contributed by atoms with van der Waals surface area (Å²) in [6.07, 6.45) is 5.72. The monoisotopic (exact) mass is 247 g/mol. The lowest BCUT2D eigenvalue weighted by Gasteiger charge is -2.14. The highest BCUT2D eigenvalue weighted by Gasteiger charge is 2.05. The van der Waals surface area contributed by atoms with Gasteiger partial charge in [0.25, 0.3) is 0 Å². The molecule has 1 atom stereocenters. The van der Waals surface area contributed by atoms with Crippen LogP contribution in [0.25, 0.3) is 10.8 Å². The highest BCUT2D eigenvalue weighted by molar-refractivity contribution is 7.99. The molecule has 0 amide bonds. The Labute approximate surface area is 106 Å². The summed E-state index contributed by atoms with van der Waals surface area (Å²) in [5.41, 5.74) is 7.96. The molecule has 90 valence electrons. The maximum atomic E-state index is 6.15. The average molecular weight is 247 g/mol. The van der Waals surface area contributed by atoms with Crippen LogP contribution in [0, 0.1) is 0 Å². The van der Waals surface area contributed by atoms with Crippen LogP contribution >= 0.6 is 11.8 Å². The first-order chi connectivity index (χ1) is 8.22. The molecule has 17 heavy (non-hydrogen) atoms. The Kier molecular flexibility index (Phi) is 3.74. The highest BCUT2D eigenvalue weighted by Crippen LogP contribution is 2.28. The van der Waals surface area contributed by atoms with E-state index in [0.29, 0.717) is 5.25 Å². The van der Waals surface area contributed by atoms with E-state index in [2.05, 4.69) is 23.5 Å². The molecule has 1 aromatic heterocycles. The van der Waals surface area contributed by atoms with E-state index in [1.165, 1.54) is 0 Å². The van der Waals surface area contributed by atoms with Gasteiger partial charge in [-0.2, -0.15) is 11.8 Å². The van der Waals surface area contributed by atoms with Crippen LogP contribution in [0.1, 0.15) is 6.92 Å². The van der Waals surface area contributed by atoms with Crippen molar-refractivity contribution in [1.29, 1.82) is 0 Å². The van der Waals surface area contributed by atoms with Gasteiger partial charge in [-0.15, -0.1) is 0 Å². The van der Waals surface area contributed by atoms with Crippen LogP contribution in [0.5, 0.6) is 0 Å². The second kappa shape index (κ2) is 5.27. The molecule has 3 N–H and O–H groups in total. The maximum absolute atomic E-state index is 6.15. The van der Waals surface area contributed by atoms with Gasteiger partial charge >= 0.3 is 0 Å². The van der Waals surface area contributed by atoms with Crippen LogP contribution in [-0.2, 0) is 0 Å². The topological polar surface area (TPSA) is 50.9 Å². The summed E-state index contributed by atoms with van der Waals surface area (Å²) in [5, 5.41) is 6.10. The van der Waals surface area contributed by atoms with Gasteiger partial charge in [0.15, 0.2) is 0 Å². The Morgan fingerprint density at radius 3 is 3.00 bits per heavy atom. The quantitative estimate of drug-likeness (QED) is 0.816. The summed E-state index contributed by atoms with van der Waals surface area (Å²) in [7, 11) is 0. The van der Waals surface area contributed by atoms with Gasteiger partial charge in [0.2, 0.25) is 0 Å². The van der Waals surface area contributed by atoms with E-state index in [0.717, 1.165) is 28.7 Å². The summed E-state index contributed by atoms with van der Waals surface area (Å²) in [4.78, 5) is 4.09. The second-order valence-electron chi connectivity index (χ2n) is 4.05. The van der Waals surface area contributed by atoms with Crippen molar-refractivity contribution in [1.82, 2.24) is 4.98 Å².